The summed E-state index contributed by atoms with van der Waals surface area (Å²) in [7, 11) is 0. The highest BCUT2D eigenvalue weighted by molar-refractivity contribution is 8.02. The van der Waals surface area contributed by atoms with Crippen LogP contribution in [-0.4, -0.2) is 12.0 Å². The minimum atomic E-state index is 0.367. The molecule has 0 N–H and O–H groups in total. The Labute approximate surface area is 65.9 Å². The van der Waals surface area contributed by atoms with Crippen LogP contribution < -0.4 is 0 Å². The Hall–Kier alpha value is -0.240. The second-order valence-corrected chi connectivity index (χ2v) is 3.54. The summed E-state index contributed by atoms with van der Waals surface area (Å²) >= 11 is 1.68. The van der Waals surface area contributed by atoms with Crippen molar-refractivity contribution in [1.82, 2.24) is 0 Å². The Bertz CT molecular complexity index is 182. The quantitative estimate of drug-likeness (QED) is 0.542. The number of carbonyl (C=O) groups excluding carboxylic acids is 1. The van der Waals surface area contributed by atoms with Crippen molar-refractivity contribution < 1.29 is 4.79 Å². The zero-order valence-corrected chi connectivity index (χ0v) is 7.25. The molecule has 0 unspecified atom stereocenters. The van der Waals surface area contributed by atoms with Gasteiger partial charge in [0.15, 0.2) is 5.78 Å². The van der Waals surface area contributed by atoms with E-state index in [1.165, 1.54) is 4.91 Å². The predicted octanol–water partition coefficient (Wildman–Crippen LogP) is 2.38. The zero-order chi connectivity index (χ0) is 7.56. The average Bonchev–Trinajstić information content (AvgIpc) is 2.34. The van der Waals surface area contributed by atoms with Crippen LogP contribution in [0.5, 0.6) is 0 Å². The molecule has 0 aliphatic heterocycles. The maximum Gasteiger partial charge on any atom is 0.159 e. The van der Waals surface area contributed by atoms with E-state index in [2.05, 4.69) is 0 Å². The molecule has 1 aliphatic carbocycles. The second kappa shape index (κ2) is 3.24. The molecule has 1 saturated carbocycles. The van der Waals surface area contributed by atoms with Crippen LogP contribution in [0.1, 0.15) is 26.2 Å². The van der Waals surface area contributed by atoms with E-state index in [1.54, 1.807) is 11.8 Å². The Morgan fingerprint density at radius 3 is 2.60 bits per heavy atom. The molecule has 0 atom stereocenters. The van der Waals surface area contributed by atoms with Gasteiger partial charge in [0.2, 0.25) is 0 Å². The summed E-state index contributed by atoms with van der Waals surface area (Å²) in [5.74, 6) is 0.367. The molecule has 0 aromatic heterocycles. The van der Waals surface area contributed by atoms with E-state index in [-0.39, 0.29) is 0 Å². The minimum Gasteiger partial charge on any atom is -0.295 e. The molecule has 0 aromatic carbocycles. The van der Waals surface area contributed by atoms with Gasteiger partial charge in [-0.2, -0.15) is 0 Å². The summed E-state index contributed by atoms with van der Waals surface area (Å²) in [5, 5.41) is 0. The Morgan fingerprint density at radius 1 is 1.50 bits per heavy atom. The number of hydrogen-bond acceptors (Lipinski definition) is 2. The van der Waals surface area contributed by atoms with Gasteiger partial charge < -0.3 is 0 Å². The van der Waals surface area contributed by atoms with Crippen LogP contribution >= 0.6 is 11.8 Å². The van der Waals surface area contributed by atoms with Gasteiger partial charge in [-0.15, -0.1) is 11.8 Å². The summed E-state index contributed by atoms with van der Waals surface area (Å²) in [6.07, 6.45) is 4.86. The van der Waals surface area contributed by atoms with Crippen LogP contribution in [-0.2, 0) is 4.79 Å². The van der Waals surface area contributed by atoms with E-state index in [0.717, 1.165) is 24.8 Å². The molecule has 56 valence electrons. The molecule has 1 rings (SSSR count). The van der Waals surface area contributed by atoms with Gasteiger partial charge in [-0.05, 0) is 30.9 Å². The Morgan fingerprint density at radius 2 is 2.20 bits per heavy atom. The molecule has 0 heterocycles. The molecule has 0 radical (unpaired) electrons. The van der Waals surface area contributed by atoms with Crippen molar-refractivity contribution in [1.29, 1.82) is 0 Å². The fraction of sp³-hybridized carbons (Fsp3) is 0.625. The fourth-order valence-electron chi connectivity index (χ4n) is 1.21. The highest BCUT2D eigenvalue weighted by Crippen LogP contribution is 2.27. The van der Waals surface area contributed by atoms with Gasteiger partial charge in [0.25, 0.3) is 0 Å². The van der Waals surface area contributed by atoms with E-state index in [1.807, 2.05) is 13.2 Å². The topological polar surface area (TPSA) is 17.1 Å². The van der Waals surface area contributed by atoms with Crippen LogP contribution in [0.25, 0.3) is 0 Å². The number of hydrogen-bond donors (Lipinski definition) is 0. The van der Waals surface area contributed by atoms with Gasteiger partial charge in [-0.1, -0.05) is 0 Å². The third kappa shape index (κ3) is 1.43. The summed E-state index contributed by atoms with van der Waals surface area (Å²) in [5.41, 5.74) is 1.08. The molecule has 1 fully saturated rings. The van der Waals surface area contributed by atoms with Gasteiger partial charge in [0.1, 0.15) is 0 Å². The van der Waals surface area contributed by atoms with Crippen LogP contribution in [0.2, 0.25) is 0 Å². The van der Waals surface area contributed by atoms with Crippen LogP contribution in [0.15, 0.2) is 10.5 Å². The van der Waals surface area contributed by atoms with Gasteiger partial charge >= 0.3 is 0 Å². The fourth-order valence-corrected chi connectivity index (χ4v) is 1.67. The van der Waals surface area contributed by atoms with E-state index < -0.39 is 0 Å². The van der Waals surface area contributed by atoms with Gasteiger partial charge in [-0.3, -0.25) is 4.79 Å². The zero-order valence-electron chi connectivity index (χ0n) is 6.44. The average molecular weight is 156 g/mol. The third-order valence-corrected chi connectivity index (χ3v) is 2.76. The van der Waals surface area contributed by atoms with Crippen molar-refractivity contribution in [2.24, 2.45) is 0 Å². The number of allylic oxidation sites excluding steroid dienone is 2. The summed E-state index contributed by atoms with van der Waals surface area (Å²) in [6, 6.07) is 0. The Kier molecular flexibility index (Phi) is 2.55. The lowest BCUT2D eigenvalue weighted by Gasteiger charge is -1.98. The SMILES string of the molecule is CS/C(C)=C1/CCCC1=O. The van der Waals surface area contributed by atoms with Crippen molar-refractivity contribution in [2.45, 2.75) is 26.2 Å². The van der Waals surface area contributed by atoms with Crippen molar-refractivity contribution in [3.63, 3.8) is 0 Å². The van der Waals surface area contributed by atoms with Crippen molar-refractivity contribution >= 4 is 17.5 Å². The third-order valence-electron chi connectivity index (χ3n) is 1.90. The highest BCUT2D eigenvalue weighted by atomic mass is 32.2. The molecule has 0 spiro atoms. The molecule has 0 amide bonds. The maximum atomic E-state index is 11.1. The highest BCUT2D eigenvalue weighted by Gasteiger charge is 2.18. The van der Waals surface area contributed by atoms with Crippen molar-refractivity contribution in [3.05, 3.63) is 10.5 Å². The summed E-state index contributed by atoms with van der Waals surface area (Å²) in [4.78, 5) is 12.3. The first kappa shape index (κ1) is 7.86. The lowest BCUT2D eigenvalue weighted by Crippen LogP contribution is -1.92. The van der Waals surface area contributed by atoms with E-state index in [9.17, 15) is 4.79 Å². The normalized spacial score (nSPS) is 23.6. The van der Waals surface area contributed by atoms with Crippen molar-refractivity contribution in [3.8, 4) is 0 Å². The molecule has 1 aliphatic rings. The number of carbonyl (C=O) groups is 1. The number of ketones is 1. The molecular formula is C8H12OS. The molecule has 0 saturated heterocycles. The molecule has 0 bridgehead atoms. The molecule has 1 nitrogen and oxygen atoms in total. The van der Waals surface area contributed by atoms with E-state index in [0.29, 0.717) is 5.78 Å². The maximum absolute atomic E-state index is 11.1. The Balaban J connectivity index is 2.79. The number of rotatable bonds is 1. The van der Waals surface area contributed by atoms with Gasteiger partial charge in [0, 0.05) is 12.0 Å². The lowest BCUT2D eigenvalue weighted by atomic mass is 10.2. The van der Waals surface area contributed by atoms with Gasteiger partial charge in [0.05, 0.1) is 0 Å². The van der Waals surface area contributed by atoms with Crippen LogP contribution in [0, 0.1) is 0 Å². The standard InChI is InChI=1S/C8H12OS/c1-6(10-2)7-4-3-5-8(7)9/h3-5H2,1-2H3/b7-6-. The molecule has 0 aromatic rings. The molecule has 10 heavy (non-hydrogen) atoms. The van der Waals surface area contributed by atoms with Gasteiger partial charge in [-0.25, -0.2) is 0 Å². The smallest absolute Gasteiger partial charge is 0.159 e. The van der Waals surface area contributed by atoms with Crippen LogP contribution in [0.3, 0.4) is 0 Å². The molecule has 2 heteroatoms. The number of Topliss-reactive ketones (excluding diaryl/α,β-unsaturated/α-hetero) is 1. The first-order chi connectivity index (χ1) is 4.75. The van der Waals surface area contributed by atoms with Crippen LogP contribution in [0.4, 0.5) is 0 Å². The largest absolute Gasteiger partial charge is 0.295 e. The second-order valence-electron chi connectivity index (χ2n) is 2.52. The number of thioether (sulfide) groups is 1. The van der Waals surface area contributed by atoms with E-state index >= 15 is 0 Å². The van der Waals surface area contributed by atoms with E-state index in [4.69, 9.17) is 0 Å². The lowest BCUT2D eigenvalue weighted by molar-refractivity contribution is -0.114. The molecular weight excluding hydrogens is 144 g/mol. The first-order valence-electron chi connectivity index (χ1n) is 3.52. The first-order valence-corrected chi connectivity index (χ1v) is 4.75. The van der Waals surface area contributed by atoms with Crippen molar-refractivity contribution in [2.75, 3.05) is 6.26 Å². The minimum absolute atomic E-state index is 0.367. The summed E-state index contributed by atoms with van der Waals surface area (Å²) in [6.45, 7) is 2.03. The predicted molar refractivity (Wildman–Crippen MR) is 45.1 cm³/mol. The summed E-state index contributed by atoms with van der Waals surface area (Å²) < 4.78 is 0. The monoisotopic (exact) mass is 156 g/mol.